The summed E-state index contributed by atoms with van der Waals surface area (Å²) in [5.74, 6) is 5.29. The largest absolute Gasteiger partial charge is 0.0656 e. The average Bonchev–Trinajstić information content (AvgIpc) is 2.69. The van der Waals surface area contributed by atoms with Crippen molar-refractivity contribution in [2.24, 2.45) is 35.5 Å². The highest BCUT2D eigenvalue weighted by molar-refractivity contribution is 4.47. The number of hydrogen-bond donors (Lipinski definition) is 0. The van der Waals surface area contributed by atoms with E-state index in [0.29, 0.717) is 0 Å². The molecule has 0 fully saturated rings. The minimum Gasteiger partial charge on any atom is -0.0656 e. The molecular weight excluding hydrogens is 396 g/mol. The first kappa shape index (κ1) is 50.0. The standard InChI is InChI=1S/C7H16.4C5H12.2C3H8/c1-6(2)5-7(3)4;4*1-4-5(2)3;2*1-3-2/h6-7H,5H2,1-4H3;4*5H,4H2,1-3H3;2*3H2,1-2H3. The number of rotatable bonds is 6. The van der Waals surface area contributed by atoms with Crippen LogP contribution < -0.4 is 0 Å². The van der Waals surface area contributed by atoms with Crippen LogP contribution >= 0.6 is 0 Å². The first-order chi connectivity index (χ1) is 15.0. The van der Waals surface area contributed by atoms with Crippen LogP contribution in [0.4, 0.5) is 0 Å². The molecule has 0 aliphatic rings. The molecule has 0 aliphatic carbocycles. The zero-order valence-electron chi connectivity index (χ0n) is 28.4. The summed E-state index contributed by atoms with van der Waals surface area (Å²) in [6, 6.07) is 0. The molecule has 0 aromatic rings. The molecule has 0 aromatic carbocycles. The maximum Gasteiger partial charge on any atom is -0.0469 e. The van der Waals surface area contributed by atoms with Crippen LogP contribution in [0.2, 0.25) is 0 Å². The van der Waals surface area contributed by atoms with Crippen molar-refractivity contribution in [1.82, 2.24) is 0 Å². The van der Waals surface area contributed by atoms with Crippen LogP contribution in [-0.2, 0) is 0 Å². The average molecular weight is 477 g/mol. The molecule has 0 nitrogen and oxygen atoms in total. The van der Waals surface area contributed by atoms with Gasteiger partial charge in [0.15, 0.2) is 0 Å². The zero-order chi connectivity index (χ0) is 28.4. The van der Waals surface area contributed by atoms with Crippen LogP contribution in [0.5, 0.6) is 0 Å². The normalized spacial score (nSPS) is 9.27. The van der Waals surface area contributed by atoms with E-state index in [9.17, 15) is 0 Å². The van der Waals surface area contributed by atoms with Crippen LogP contribution in [0, 0.1) is 35.5 Å². The van der Waals surface area contributed by atoms with Gasteiger partial charge in [0.25, 0.3) is 0 Å². The summed E-state index contributed by atoms with van der Waals surface area (Å²) in [5, 5.41) is 0. The van der Waals surface area contributed by atoms with Crippen LogP contribution in [0.25, 0.3) is 0 Å². The van der Waals surface area contributed by atoms with Crippen molar-refractivity contribution in [3.05, 3.63) is 0 Å². The van der Waals surface area contributed by atoms with Gasteiger partial charge in [-0.2, -0.15) is 0 Å². The van der Waals surface area contributed by atoms with E-state index >= 15 is 0 Å². The molecule has 0 saturated carbocycles. The van der Waals surface area contributed by atoms with Crippen molar-refractivity contribution in [3.63, 3.8) is 0 Å². The van der Waals surface area contributed by atoms with Crippen molar-refractivity contribution in [1.29, 1.82) is 0 Å². The van der Waals surface area contributed by atoms with Crippen LogP contribution in [-0.4, -0.2) is 0 Å². The van der Waals surface area contributed by atoms with Gasteiger partial charge >= 0.3 is 0 Å². The molecule has 0 heterocycles. The minimum atomic E-state index is 0.875. The van der Waals surface area contributed by atoms with E-state index in [1.54, 1.807) is 0 Å². The van der Waals surface area contributed by atoms with Gasteiger partial charge in [-0.25, -0.2) is 0 Å². The fourth-order valence-corrected chi connectivity index (χ4v) is 0.943. The maximum atomic E-state index is 2.26. The van der Waals surface area contributed by atoms with Gasteiger partial charge in [-0.3, -0.25) is 0 Å². The van der Waals surface area contributed by atoms with Crippen molar-refractivity contribution in [3.8, 4) is 0 Å². The van der Waals surface area contributed by atoms with E-state index in [1.165, 1.54) is 44.9 Å². The lowest BCUT2D eigenvalue weighted by Crippen LogP contribution is -1.93. The van der Waals surface area contributed by atoms with E-state index in [4.69, 9.17) is 0 Å². The first-order valence-corrected chi connectivity index (χ1v) is 15.0. The Labute approximate surface area is 218 Å². The summed E-state index contributed by atoms with van der Waals surface area (Å²) in [5.41, 5.74) is 0. The van der Waals surface area contributed by atoms with Crippen molar-refractivity contribution in [2.45, 2.75) is 183 Å². The van der Waals surface area contributed by atoms with Gasteiger partial charge < -0.3 is 0 Å². The quantitative estimate of drug-likeness (QED) is 0.357. The Hall–Kier alpha value is 0. The Balaban J connectivity index is -0.0000000486. The second-order valence-corrected chi connectivity index (χ2v) is 11.6. The molecule has 0 aliphatic heterocycles. The molecule has 0 aromatic heterocycles. The summed E-state index contributed by atoms with van der Waals surface area (Å²) < 4.78 is 0. The molecule has 0 atom stereocenters. The second kappa shape index (κ2) is 49.2. The smallest absolute Gasteiger partial charge is 0.0469 e. The fourth-order valence-electron chi connectivity index (χ4n) is 0.943. The molecule has 212 valence electrons. The van der Waals surface area contributed by atoms with Gasteiger partial charge in [-0.1, -0.05) is 177 Å². The Morgan fingerprint density at radius 2 is 0.364 bits per heavy atom. The summed E-state index contributed by atoms with van der Waals surface area (Å²) in [6.07, 6.45) is 9.08. The molecule has 0 amide bonds. The Morgan fingerprint density at radius 3 is 0.364 bits per heavy atom. The van der Waals surface area contributed by atoms with Crippen LogP contribution in [0.3, 0.4) is 0 Å². The predicted molar refractivity (Wildman–Crippen MR) is 167 cm³/mol. The van der Waals surface area contributed by atoms with Crippen LogP contribution in [0.15, 0.2) is 0 Å². The van der Waals surface area contributed by atoms with Crippen molar-refractivity contribution in [2.75, 3.05) is 0 Å². The molecule has 0 radical (unpaired) electrons. The molecule has 0 spiro atoms. The van der Waals surface area contributed by atoms with Gasteiger partial charge in [-0.15, -0.1) is 0 Å². The number of hydrogen-bond acceptors (Lipinski definition) is 0. The van der Waals surface area contributed by atoms with Crippen LogP contribution in [0.1, 0.15) is 183 Å². The van der Waals surface area contributed by atoms with Gasteiger partial charge in [0.05, 0.1) is 0 Å². The van der Waals surface area contributed by atoms with Gasteiger partial charge in [-0.05, 0) is 41.9 Å². The van der Waals surface area contributed by atoms with Crippen molar-refractivity contribution >= 4 is 0 Å². The highest BCUT2D eigenvalue weighted by Gasteiger charge is 1.95. The van der Waals surface area contributed by atoms with Gasteiger partial charge in [0, 0.05) is 0 Å². The monoisotopic (exact) mass is 477 g/mol. The highest BCUT2D eigenvalue weighted by atomic mass is 14.0. The second-order valence-electron chi connectivity index (χ2n) is 11.6. The topological polar surface area (TPSA) is 0 Å². The highest BCUT2D eigenvalue weighted by Crippen LogP contribution is 2.08. The Bertz CT molecular complexity index is 180. The summed E-state index contributed by atoms with van der Waals surface area (Å²) in [7, 11) is 0. The molecular formula is C33H80. The zero-order valence-corrected chi connectivity index (χ0v) is 28.4. The maximum absolute atomic E-state index is 2.26. The minimum absolute atomic E-state index is 0.875. The lowest BCUT2D eigenvalue weighted by atomic mass is 10.0. The lowest BCUT2D eigenvalue weighted by molar-refractivity contribution is 0.469. The molecule has 0 heteroatoms. The molecule has 0 unspecified atom stereocenters. The first-order valence-electron chi connectivity index (χ1n) is 15.0. The molecule has 0 saturated heterocycles. The SMILES string of the molecule is CC(C)CC(C)C.CCC.CCC.CCC(C)C.CCC(C)C.CCC(C)C.CCC(C)C. The Kier molecular flexibility index (Phi) is 74.5. The van der Waals surface area contributed by atoms with Gasteiger partial charge in [0.2, 0.25) is 0 Å². The predicted octanol–water partition coefficient (Wildman–Crippen LogP) is 13.7. The molecule has 33 heavy (non-hydrogen) atoms. The summed E-state index contributed by atoms with van der Waals surface area (Å²) in [4.78, 5) is 0. The molecule has 0 N–H and O–H groups in total. The third-order valence-corrected chi connectivity index (χ3v) is 4.21. The fraction of sp³-hybridized carbons (Fsp3) is 1.00. The van der Waals surface area contributed by atoms with E-state index < -0.39 is 0 Å². The summed E-state index contributed by atoms with van der Waals surface area (Å²) >= 11 is 0. The molecule has 0 rings (SSSR count). The summed E-state index contributed by atoms with van der Waals surface area (Å²) in [6.45, 7) is 44.1. The third-order valence-electron chi connectivity index (χ3n) is 4.21. The van der Waals surface area contributed by atoms with E-state index in [1.807, 2.05) is 0 Å². The van der Waals surface area contributed by atoms with Crippen molar-refractivity contribution < 1.29 is 0 Å². The van der Waals surface area contributed by atoms with E-state index in [-0.39, 0.29) is 0 Å². The Morgan fingerprint density at radius 1 is 0.273 bits per heavy atom. The van der Waals surface area contributed by atoms with Gasteiger partial charge in [0.1, 0.15) is 0 Å². The lowest BCUT2D eigenvalue weighted by Gasteiger charge is -2.05. The van der Waals surface area contributed by atoms with E-state index in [2.05, 4.69) is 138 Å². The molecule has 0 bridgehead atoms. The van der Waals surface area contributed by atoms with E-state index in [0.717, 1.165) is 35.5 Å². The third kappa shape index (κ3) is 200.